The van der Waals surface area contributed by atoms with Gasteiger partial charge < -0.3 is 10.5 Å². The molecule has 4 nitrogen and oxygen atoms in total. The molecule has 0 fully saturated rings. The number of ether oxygens (including phenoxy) is 1. The number of hydrogen-bond acceptors (Lipinski definition) is 4. The van der Waals surface area contributed by atoms with Crippen LogP contribution >= 0.6 is 23.2 Å². The van der Waals surface area contributed by atoms with Crippen molar-refractivity contribution < 1.29 is 4.74 Å². The molecule has 18 heavy (non-hydrogen) atoms. The second-order valence-corrected chi connectivity index (χ2v) is 4.46. The molecule has 0 amide bonds. The van der Waals surface area contributed by atoms with Gasteiger partial charge in [-0.1, -0.05) is 29.3 Å². The number of anilines is 1. The van der Waals surface area contributed by atoms with Crippen molar-refractivity contribution in [1.82, 2.24) is 9.97 Å². The van der Waals surface area contributed by atoms with Crippen molar-refractivity contribution in [1.29, 1.82) is 0 Å². The molecule has 1 atom stereocenters. The lowest BCUT2D eigenvalue weighted by molar-refractivity contribution is 0.218. The highest BCUT2D eigenvalue weighted by molar-refractivity contribution is 6.36. The number of aromatic nitrogens is 2. The van der Waals surface area contributed by atoms with Crippen molar-refractivity contribution in [2.75, 3.05) is 5.73 Å². The summed E-state index contributed by atoms with van der Waals surface area (Å²) in [7, 11) is 0. The molecule has 2 aromatic rings. The lowest BCUT2D eigenvalue weighted by atomic mass is 10.1. The SMILES string of the molecule is CC(Oc1nccnc1N)c1c(Cl)cccc1Cl. The molecule has 2 N–H and O–H groups in total. The number of nitrogens with zero attached hydrogens (tertiary/aromatic N) is 2. The van der Waals surface area contributed by atoms with E-state index in [1.165, 1.54) is 12.4 Å². The first kappa shape index (κ1) is 12.9. The molecule has 94 valence electrons. The third kappa shape index (κ3) is 2.66. The Labute approximate surface area is 115 Å². The van der Waals surface area contributed by atoms with E-state index in [1.54, 1.807) is 18.2 Å². The van der Waals surface area contributed by atoms with E-state index in [-0.39, 0.29) is 17.8 Å². The van der Waals surface area contributed by atoms with E-state index in [2.05, 4.69) is 9.97 Å². The predicted octanol–water partition coefficient (Wildman–Crippen LogP) is 3.51. The van der Waals surface area contributed by atoms with Gasteiger partial charge in [-0.2, -0.15) is 0 Å². The van der Waals surface area contributed by atoms with Gasteiger partial charge in [0.2, 0.25) is 0 Å². The number of rotatable bonds is 3. The van der Waals surface area contributed by atoms with Crippen molar-refractivity contribution in [3.63, 3.8) is 0 Å². The molecule has 0 aliphatic carbocycles. The van der Waals surface area contributed by atoms with E-state index in [9.17, 15) is 0 Å². The fraction of sp³-hybridized carbons (Fsp3) is 0.167. The summed E-state index contributed by atoms with van der Waals surface area (Å²) < 4.78 is 5.63. The van der Waals surface area contributed by atoms with Crippen LogP contribution in [0.3, 0.4) is 0 Å². The normalized spacial score (nSPS) is 12.2. The Morgan fingerprint density at radius 2 is 1.78 bits per heavy atom. The molecule has 0 radical (unpaired) electrons. The Hall–Kier alpha value is -1.52. The molecule has 1 aromatic carbocycles. The third-order valence-electron chi connectivity index (χ3n) is 2.39. The van der Waals surface area contributed by atoms with Gasteiger partial charge in [0, 0.05) is 28.0 Å². The smallest absolute Gasteiger partial charge is 0.257 e. The molecule has 1 unspecified atom stereocenters. The summed E-state index contributed by atoms with van der Waals surface area (Å²) in [5.41, 5.74) is 6.36. The summed E-state index contributed by atoms with van der Waals surface area (Å²) in [6.45, 7) is 1.82. The lowest BCUT2D eigenvalue weighted by Crippen LogP contribution is -2.08. The quantitative estimate of drug-likeness (QED) is 0.937. The molecule has 0 aliphatic rings. The molecule has 0 saturated heterocycles. The number of hydrogen-bond donors (Lipinski definition) is 1. The highest BCUT2D eigenvalue weighted by Crippen LogP contribution is 2.33. The van der Waals surface area contributed by atoms with Crippen molar-refractivity contribution in [3.05, 3.63) is 46.2 Å². The predicted molar refractivity (Wildman–Crippen MR) is 71.9 cm³/mol. The van der Waals surface area contributed by atoms with Crippen LogP contribution in [0.2, 0.25) is 10.0 Å². The van der Waals surface area contributed by atoms with Crippen LogP contribution in [-0.4, -0.2) is 9.97 Å². The van der Waals surface area contributed by atoms with E-state index in [0.717, 1.165) is 0 Å². The number of nitrogens with two attached hydrogens (primary N) is 1. The first-order valence-electron chi connectivity index (χ1n) is 5.26. The van der Waals surface area contributed by atoms with Crippen molar-refractivity contribution in [3.8, 4) is 5.88 Å². The molecule has 1 aromatic heterocycles. The zero-order valence-electron chi connectivity index (χ0n) is 9.60. The average Bonchev–Trinajstić information content (AvgIpc) is 2.32. The highest BCUT2D eigenvalue weighted by atomic mass is 35.5. The third-order valence-corrected chi connectivity index (χ3v) is 3.05. The Balaban J connectivity index is 2.28. The zero-order valence-corrected chi connectivity index (χ0v) is 11.1. The van der Waals surface area contributed by atoms with E-state index in [0.29, 0.717) is 15.6 Å². The van der Waals surface area contributed by atoms with Crippen molar-refractivity contribution >= 4 is 29.0 Å². The van der Waals surface area contributed by atoms with Crippen molar-refractivity contribution in [2.45, 2.75) is 13.0 Å². The minimum absolute atomic E-state index is 0.229. The summed E-state index contributed by atoms with van der Waals surface area (Å²) in [5, 5.41) is 1.08. The van der Waals surface area contributed by atoms with Crippen LogP contribution in [0.15, 0.2) is 30.6 Å². The van der Waals surface area contributed by atoms with Gasteiger partial charge in [-0.3, -0.25) is 0 Å². The Morgan fingerprint density at radius 1 is 1.17 bits per heavy atom. The fourth-order valence-corrected chi connectivity index (χ4v) is 2.26. The second kappa shape index (κ2) is 5.42. The molecule has 0 saturated carbocycles. The molecular formula is C12H11Cl2N3O. The first-order chi connectivity index (χ1) is 8.59. The van der Waals surface area contributed by atoms with Gasteiger partial charge in [0.25, 0.3) is 5.88 Å². The topological polar surface area (TPSA) is 61.0 Å². The van der Waals surface area contributed by atoms with Crippen LogP contribution in [0.1, 0.15) is 18.6 Å². The molecule has 0 aliphatic heterocycles. The highest BCUT2D eigenvalue weighted by Gasteiger charge is 2.16. The van der Waals surface area contributed by atoms with Gasteiger partial charge in [0.05, 0.1) is 0 Å². The average molecular weight is 284 g/mol. The molecule has 6 heteroatoms. The van der Waals surface area contributed by atoms with Crippen LogP contribution in [-0.2, 0) is 0 Å². The Bertz CT molecular complexity index is 543. The van der Waals surface area contributed by atoms with Crippen LogP contribution in [0.5, 0.6) is 5.88 Å². The molecule has 1 heterocycles. The van der Waals surface area contributed by atoms with Crippen molar-refractivity contribution in [2.24, 2.45) is 0 Å². The Morgan fingerprint density at radius 3 is 2.39 bits per heavy atom. The number of nitrogen functional groups attached to an aromatic ring is 1. The van der Waals surface area contributed by atoms with Gasteiger partial charge in [0.1, 0.15) is 6.10 Å². The van der Waals surface area contributed by atoms with Gasteiger partial charge in [-0.25, -0.2) is 9.97 Å². The first-order valence-corrected chi connectivity index (χ1v) is 6.02. The van der Waals surface area contributed by atoms with Gasteiger partial charge in [-0.05, 0) is 19.1 Å². The van der Waals surface area contributed by atoms with E-state index >= 15 is 0 Å². The monoisotopic (exact) mass is 283 g/mol. The summed E-state index contributed by atoms with van der Waals surface area (Å²) >= 11 is 12.2. The summed E-state index contributed by atoms with van der Waals surface area (Å²) in [6, 6.07) is 5.28. The maximum Gasteiger partial charge on any atom is 0.257 e. The maximum atomic E-state index is 6.10. The molecule has 0 spiro atoms. The fourth-order valence-electron chi connectivity index (χ4n) is 1.55. The molecule has 0 bridgehead atoms. The summed E-state index contributed by atoms with van der Waals surface area (Å²) in [6.07, 6.45) is 2.63. The number of benzene rings is 1. The summed E-state index contributed by atoms with van der Waals surface area (Å²) in [4.78, 5) is 7.90. The maximum absolute atomic E-state index is 6.10. The lowest BCUT2D eigenvalue weighted by Gasteiger charge is -2.17. The Kier molecular flexibility index (Phi) is 3.89. The van der Waals surface area contributed by atoms with Crippen LogP contribution < -0.4 is 10.5 Å². The largest absolute Gasteiger partial charge is 0.467 e. The second-order valence-electron chi connectivity index (χ2n) is 3.64. The van der Waals surface area contributed by atoms with Gasteiger partial charge >= 0.3 is 0 Å². The number of halogens is 2. The molecule has 2 rings (SSSR count). The zero-order chi connectivity index (χ0) is 13.1. The van der Waals surface area contributed by atoms with Gasteiger partial charge in [-0.15, -0.1) is 0 Å². The molecular weight excluding hydrogens is 273 g/mol. The van der Waals surface area contributed by atoms with Gasteiger partial charge in [0.15, 0.2) is 5.82 Å². The van der Waals surface area contributed by atoms with Crippen LogP contribution in [0.4, 0.5) is 5.82 Å². The van der Waals surface area contributed by atoms with Crippen LogP contribution in [0.25, 0.3) is 0 Å². The summed E-state index contributed by atoms with van der Waals surface area (Å²) in [5.74, 6) is 0.494. The van der Waals surface area contributed by atoms with E-state index < -0.39 is 0 Å². The van der Waals surface area contributed by atoms with E-state index in [4.69, 9.17) is 33.7 Å². The van der Waals surface area contributed by atoms with Crippen LogP contribution in [0, 0.1) is 0 Å². The minimum atomic E-state index is -0.370. The minimum Gasteiger partial charge on any atom is -0.467 e. The van der Waals surface area contributed by atoms with E-state index in [1.807, 2.05) is 6.92 Å². The standard InChI is InChI=1S/C12H11Cl2N3O/c1-7(10-8(13)3-2-4-9(10)14)18-12-11(15)16-5-6-17-12/h2-7H,1H3,(H2,15,16).